The third-order valence-electron chi connectivity index (χ3n) is 2.64. The number of amides is 1. The number of hydrogen-bond acceptors (Lipinski definition) is 4. The van der Waals surface area contributed by atoms with Gasteiger partial charge in [0.1, 0.15) is 6.04 Å². The van der Waals surface area contributed by atoms with Gasteiger partial charge in [0.15, 0.2) is 0 Å². The van der Waals surface area contributed by atoms with Crippen LogP contribution >= 0.6 is 0 Å². The van der Waals surface area contributed by atoms with Gasteiger partial charge in [-0.15, -0.1) is 12.3 Å². The highest BCUT2D eigenvalue weighted by molar-refractivity contribution is 5.87. The second-order valence-corrected chi connectivity index (χ2v) is 3.91. The highest BCUT2D eigenvalue weighted by Gasteiger charge is 2.28. The summed E-state index contributed by atoms with van der Waals surface area (Å²) in [5, 5.41) is 2.57. The maximum atomic E-state index is 11.6. The Hall–Kier alpha value is -1.54. The molecule has 3 N–H and O–H groups in total. The van der Waals surface area contributed by atoms with Gasteiger partial charge in [-0.25, -0.2) is 4.79 Å². The summed E-state index contributed by atoms with van der Waals surface area (Å²) in [6, 6.07) is -1.47. The smallest absolute Gasteiger partial charge is 0.328 e. The predicted molar refractivity (Wildman–Crippen MR) is 64.8 cm³/mol. The van der Waals surface area contributed by atoms with Gasteiger partial charge < -0.3 is 15.8 Å². The summed E-state index contributed by atoms with van der Waals surface area (Å²) < 4.78 is 4.64. The Labute approximate surface area is 102 Å². The fourth-order valence-electron chi connectivity index (χ4n) is 1.28. The average molecular weight is 240 g/mol. The zero-order chi connectivity index (χ0) is 13.4. The molecule has 96 valence electrons. The van der Waals surface area contributed by atoms with Crippen LogP contribution in [0.5, 0.6) is 0 Å². The molecule has 3 unspecified atom stereocenters. The lowest BCUT2D eigenvalue weighted by atomic mass is 9.98. The Morgan fingerprint density at radius 3 is 2.53 bits per heavy atom. The van der Waals surface area contributed by atoms with Gasteiger partial charge in [0, 0.05) is 6.42 Å². The van der Waals surface area contributed by atoms with Gasteiger partial charge in [-0.2, -0.15) is 0 Å². The number of nitrogens with two attached hydrogens (primary N) is 1. The number of terminal acetylenes is 1. The molecule has 0 fully saturated rings. The number of carbonyl (C=O) groups excluding carboxylic acids is 2. The van der Waals surface area contributed by atoms with Crippen molar-refractivity contribution in [3.8, 4) is 12.3 Å². The summed E-state index contributed by atoms with van der Waals surface area (Å²) in [7, 11) is 1.28. The standard InChI is InChI=1S/C12H20N2O3/c1-5-7-9(13)11(15)14-10(8(3)6-2)12(16)17-4/h1,8-10H,6-7,13H2,2-4H3,(H,14,15). The third-order valence-corrected chi connectivity index (χ3v) is 2.64. The van der Waals surface area contributed by atoms with E-state index < -0.39 is 24.0 Å². The van der Waals surface area contributed by atoms with Crippen molar-refractivity contribution in [3.05, 3.63) is 0 Å². The summed E-state index contributed by atoms with van der Waals surface area (Å²) in [5.74, 6) is 1.38. The second-order valence-electron chi connectivity index (χ2n) is 3.91. The van der Waals surface area contributed by atoms with Crippen LogP contribution in [0.25, 0.3) is 0 Å². The molecule has 1 amide bonds. The van der Waals surface area contributed by atoms with Gasteiger partial charge in [-0.1, -0.05) is 20.3 Å². The summed E-state index contributed by atoms with van der Waals surface area (Å²) in [5.41, 5.74) is 5.55. The zero-order valence-corrected chi connectivity index (χ0v) is 10.5. The molecule has 0 radical (unpaired) electrons. The van der Waals surface area contributed by atoms with E-state index in [2.05, 4.69) is 16.0 Å². The van der Waals surface area contributed by atoms with E-state index in [9.17, 15) is 9.59 Å². The monoisotopic (exact) mass is 240 g/mol. The molecule has 0 aromatic carbocycles. The number of esters is 1. The second kappa shape index (κ2) is 7.69. The molecule has 5 nitrogen and oxygen atoms in total. The molecular weight excluding hydrogens is 220 g/mol. The Bertz CT molecular complexity index is 309. The summed E-state index contributed by atoms with van der Waals surface area (Å²) in [6.07, 6.45) is 5.95. The van der Waals surface area contributed by atoms with Crippen LogP contribution in [-0.4, -0.2) is 31.1 Å². The van der Waals surface area contributed by atoms with E-state index in [1.165, 1.54) is 7.11 Å². The first-order chi connectivity index (χ1) is 7.97. The van der Waals surface area contributed by atoms with E-state index in [4.69, 9.17) is 12.2 Å². The molecule has 0 aromatic rings. The molecule has 0 aliphatic rings. The quantitative estimate of drug-likeness (QED) is 0.507. The van der Waals surface area contributed by atoms with E-state index in [1.54, 1.807) is 0 Å². The number of carbonyl (C=O) groups is 2. The lowest BCUT2D eigenvalue weighted by Crippen LogP contribution is -2.51. The van der Waals surface area contributed by atoms with E-state index in [0.717, 1.165) is 6.42 Å². The van der Waals surface area contributed by atoms with E-state index >= 15 is 0 Å². The minimum Gasteiger partial charge on any atom is -0.467 e. The van der Waals surface area contributed by atoms with Gasteiger partial charge in [0.05, 0.1) is 13.2 Å². The molecule has 17 heavy (non-hydrogen) atoms. The van der Waals surface area contributed by atoms with Crippen molar-refractivity contribution >= 4 is 11.9 Å². The first-order valence-electron chi connectivity index (χ1n) is 5.55. The van der Waals surface area contributed by atoms with Crippen LogP contribution in [0.3, 0.4) is 0 Å². The molecule has 0 aliphatic carbocycles. The summed E-state index contributed by atoms with van der Waals surface area (Å²) in [6.45, 7) is 3.78. The molecule has 0 spiro atoms. The van der Waals surface area contributed by atoms with E-state index in [1.807, 2.05) is 13.8 Å². The first kappa shape index (κ1) is 15.5. The normalized spacial score (nSPS) is 15.2. The summed E-state index contributed by atoms with van der Waals surface area (Å²) >= 11 is 0. The number of ether oxygens (including phenoxy) is 1. The SMILES string of the molecule is C#CCC(N)C(=O)NC(C(=O)OC)C(C)CC. The first-order valence-corrected chi connectivity index (χ1v) is 5.55. The van der Waals surface area contributed by atoms with Gasteiger partial charge in [-0.05, 0) is 5.92 Å². The largest absolute Gasteiger partial charge is 0.467 e. The maximum Gasteiger partial charge on any atom is 0.328 e. The molecule has 3 atom stereocenters. The molecule has 0 heterocycles. The van der Waals surface area contributed by atoms with Gasteiger partial charge in [-0.3, -0.25) is 4.79 Å². The highest BCUT2D eigenvalue weighted by Crippen LogP contribution is 2.09. The van der Waals surface area contributed by atoms with Crippen molar-refractivity contribution in [2.75, 3.05) is 7.11 Å². The Morgan fingerprint density at radius 2 is 2.12 bits per heavy atom. The maximum absolute atomic E-state index is 11.6. The van der Waals surface area contributed by atoms with E-state index in [0.29, 0.717) is 0 Å². The van der Waals surface area contributed by atoms with Crippen LogP contribution in [0.4, 0.5) is 0 Å². The minimum absolute atomic E-state index is 0.0237. The Morgan fingerprint density at radius 1 is 1.53 bits per heavy atom. The molecule has 5 heteroatoms. The molecule has 0 bridgehead atoms. The topological polar surface area (TPSA) is 81.4 Å². The molecule has 0 aromatic heterocycles. The van der Waals surface area contributed by atoms with Crippen molar-refractivity contribution < 1.29 is 14.3 Å². The zero-order valence-electron chi connectivity index (χ0n) is 10.5. The van der Waals surface area contributed by atoms with Crippen LogP contribution in [0.1, 0.15) is 26.7 Å². The Balaban J connectivity index is 4.59. The highest BCUT2D eigenvalue weighted by atomic mass is 16.5. The van der Waals surface area contributed by atoms with Crippen molar-refractivity contribution in [1.82, 2.24) is 5.32 Å². The fraction of sp³-hybridized carbons (Fsp3) is 0.667. The van der Waals surface area contributed by atoms with Crippen molar-refractivity contribution in [3.63, 3.8) is 0 Å². The molecule has 0 saturated heterocycles. The predicted octanol–water partition coefficient (Wildman–Crippen LogP) is 0.0409. The lowest BCUT2D eigenvalue weighted by molar-refractivity contribution is -0.146. The average Bonchev–Trinajstić information content (AvgIpc) is 2.33. The van der Waals surface area contributed by atoms with Gasteiger partial charge >= 0.3 is 5.97 Å². The number of rotatable bonds is 6. The van der Waals surface area contributed by atoms with Crippen LogP contribution in [0.15, 0.2) is 0 Å². The van der Waals surface area contributed by atoms with Crippen LogP contribution in [-0.2, 0) is 14.3 Å². The van der Waals surface area contributed by atoms with Crippen LogP contribution < -0.4 is 11.1 Å². The Kier molecular flexibility index (Phi) is 6.99. The number of hydrogen-bond donors (Lipinski definition) is 2. The van der Waals surface area contributed by atoms with E-state index in [-0.39, 0.29) is 12.3 Å². The van der Waals surface area contributed by atoms with Gasteiger partial charge in [0.2, 0.25) is 5.91 Å². The number of nitrogens with one attached hydrogen (secondary N) is 1. The van der Waals surface area contributed by atoms with Crippen molar-refractivity contribution in [2.45, 2.75) is 38.8 Å². The van der Waals surface area contributed by atoms with Crippen LogP contribution in [0.2, 0.25) is 0 Å². The molecular formula is C12H20N2O3. The number of methoxy groups -OCH3 is 1. The van der Waals surface area contributed by atoms with Crippen molar-refractivity contribution in [2.24, 2.45) is 11.7 Å². The van der Waals surface area contributed by atoms with Gasteiger partial charge in [0.25, 0.3) is 0 Å². The molecule has 0 rings (SSSR count). The minimum atomic E-state index is -0.795. The molecule has 0 aliphatic heterocycles. The van der Waals surface area contributed by atoms with Crippen molar-refractivity contribution in [1.29, 1.82) is 0 Å². The third kappa shape index (κ3) is 4.87. The molecule has 0 saturated carbocycles. The summed E-state index contributed by atoms with van der Waals surface area (Å²) in [4.78, 5) is 23.2. The lowest BCUT2D eigenvalue weighted by Gasteiger charge is -2.23. The van der Waals surface area contributed by atoms with Crippen LogP contribution in [0, 0.1) is 18.3 Å². The fourth-order valence-corrected chi connectivity index (χ4v) is 1.28.